The van der Waals surface area contributed by atoms with Gasteiger partial charge in [0.05, 0.1) is 21.8 Å². The maximum atomic E-state index is 14.1. The summed E-state index contributed by atoms with van der Waals surface area (Å²) in [5, 5.41) is 2.64. The summed E-state index contributed by atoms with van der Waals surface area (Å²) in [6.07, 6.45) is -3.40. The molecule has 0 bridgehead atoms. The summed E-state index contributed by atoms with van der Waals surface area (Å²) in [6.45, 7) is 8.95. The van der Waals surface area contributed by atoms with Crippen molar-refractivity contribution in [2.45, 2.75) is 64.3 Å². The van der Waals surface area contributed by atoms with E-state index in [9.17, 15) is 32.3 Å². The summed E-state index contributed by atoms with van der Waals surface area (Å²) >= 11 is 6.13. The van der Waals surface area contributed by atoms with Crippen LogP contribution in [0.3, 0.4) is 0 Å². The molecule has 3 aliphatic heterocycles. The molecule has 14 nitrogen and oxygen atoms in total. The number of halogens is 4. The lowest BCUT2D eigenvalue weighted by molar-refractivity contribution is -0.141. The van der Waals surface area contributed by atoms with Crippen LogP contribution in [0.2, 0.25) is 5.02 Å². The SMILES string of the molecule is CCCN(CC)CCOC(=O)c1ccc(N2CCN(C(=O)[C@@H](Cc3cc(Cl)c(N)c(C(F)(F)F)c3)OC(=O)N3CCC(N4CCc5ccccc5NC4=O)CC3)CC2)nc1. The Morgan fingerprint density at radius 2 is 1.72 bits per heavy atom. The highest BCUT2D eigenvalue weighted by atomic mass is 35.5. The molecule has 0 unspecified atom stereocenters. The average Bonchev–Trinajstić information content (AvgIpc) is 3.41. The van der Waals surface area contributed by atoms with Crippen molar-refractivity contribution in [3.63, 3.8) is 0 Å². The zero-order valence-corrected chi connectivity index (χ0v) is 34.6. The Bertz CT molecular complexity index is 1990. The molecule has 2 aromatic carbocycles. The van der Waals surface area contributed by atoms with Gasteiger partial charge in [-0.05, 0) is 80.2 Å². The Balaban J connectivity index is 1.08. The number of likely N-dealkylation sites (tertiary alicyclic amines) is 1. The van der Waals surface area contributed by atoms with Crippen LogP contribution >= 0.6 is 11.6 Å². The van der Waals surface area contributed by atoms with Gasteiger partial charge in [-0.1, -0.05) is 43.6 Å². The number of piperazine rings is 1. The van der Waals surface area contributed by atoms with Crippen molar-refractivity contribution in [2.24, 2.45) is 0 Å². The first-order valence-corrected chi connectivity index (χ1v) is 20.8. The van der Waals surface area contributed by atoms with E-state index < -0.39 is 41.5 Å². The third-order valence-corrected chi connectivity index (χ3v) is 11.6. The molecule has 60 heavy (non-hydrogen) atoms. The van der Waals surface area contributed by atoms with Gasteiger partial charge < -0.3 is 45.0 Å². The van der Waals surface area contributed by atoms with Crippen molar-refractivity contribution in [2.75, 3.05) is 88.0 Å². The minimum Gasteiger partial charge on any atom is -0.461 e. The van der Waals surface area contributed by atoms with Crippen LogP contribution in [0.1, 0.15) is 60.2 Å². The normalized spacial score (nSPS) is 16.9. The number of aromatic nitrogens is 1. The van der Waals surface area contributed by atoms with E-state index in [0.29, 0.717) is 56.8 Å². The van der Waals surface area contributed by atoms with E-state index in [-0.39, 0.29) is 61.9 Å². The number of benzene rings is 2. The fraction of sp³-hybridized carbons (Fsp3) is 0.500. The van der Waals surface area contributed by atoms with E-state index in [1.807, 2.05) is 29.2 Å². The van der Waals surface area contributed by atoms with Crippen molar-refractivity contribution in [3.05, 3.63) is 82.0 Å². The number of hydrogen-bond acceptors (Lipinski definition) is 10. The molecular weight excluding hydrogens is 805 g/mol. The number of piperidine rings is 1. The number of carbonyl (C=O) groups excluding carboxylic acids is 4. The fourth-order valence-corrected chi connectivity index (χ4v) is 8.10. The van der Waals surface area contributed by atoms with Crippen LogP contribution in [-0.2, 0) is 33.3 Å². The number of amides is 4. The van der Waals surface area contributed by atoms with Crippen LogP contribution in [0.25, 0.3) is 0 Å². The van der Waals surface area contributed by atoms with Crippen LogP contribution in [0.15, 0.2) is 54.7 Å². The molecule has 6 rings (SSSR count). The molecule has 1 atom stereocenters. The number of likely N-dealkylation sites (N-methyl/N-ethyl adjacent to an activating group) is 1. The van der Waals surface area contributed by atoms with Gasteiger partial charge in [0.15, 0.2) is 6.10 Å². The highest BCUT2D eigenvalue weighted by Crippen LogP contribution is 2.38. The van der Waals surface area contributed by atoms with Crippen molar-refractivity contribution < 1.29 is 41.8 Å². The molecule has 4 amide bonds. The lowest BCUT2D eigenvalue weighted by atomic mass is 10.0. The summed E-state index contributed by atoms with van der Waals surface area (Å²) in [4.78, 5) is 66.9. The summed E-state index contributed by atoms with van der Waals surface area (Å²) in [5.41, 5.74) is 6.03. The third kappa shape index (κ3) is 10.9. The van der Waals surface area contributed by atoms with E-state index in [1.165, 1.54) is 22.1 Å². The highest BCUT2D eigenvalue weighted by molar-refractivity contribution is 6.33. The molecule has 0 spiro atoms. The zero-order valence-electron chi connectivity index (χ0n) is 33.9. The summed E-state index contributed by atoms with van der Waals surface area (Å²) < 4.78 is 53.0. The van der Waals surface area contributed by atoms with Gasteiger partial charge in [-0.3, -0.25) is 4.79 Å². The van der Waals surface area contributed by atoms with Gasteiger partial charge in [0.1, 0.15) is 12.4 Å². The Morgan fingerprint density at radius 1 is 0.983 bits per heavy atom. The van der Waals surface area contributed by atoms with Crippen molar-refractivity contribution >= 4 is 52.8 Å². The predicted octanol–water partition coefficient (Wildman–Crippen LogP) is 6.18. The number of alkyl halides is 3. The first kappa shape index (κ1) is 44.3. The molecule has 3 N–H and O–H groups in total. The lowest BCUT2D eigenvalue weighted by Crippen LogP contribution is -2.54. The first-order chi connectivity index (χ1) is 28.7. The zero-order chi connectivity index (χ0) is 43.0. The second-order valence-electron chi connectivity index (χ2n) is 15.1. The Kier molecular flexibility index (Phi) is 14.6. The maximum absolute atomic E-state index is 14.1. The third-order valence-electron chi connectivity index (χ3n) is 11.3. The number of para-hydroxylation sites is 1. The number of urea groups is 1. The van der Waals surface area contributed by atoms with Gasteiger partial charge in [0.25, 0.3) is 5.91 Å². The molecule has 3 aromatic rings. The topological polar surface area (TPSA) is 154 Å². The molecule has 0 saturated carbocycles. The summed E-state index contributed by atoms with van der Waals surface area (Å²) in [7, 11) is 0. The number of esters is 1. The smallest absolute Gasteiger partial charge is 0.418 e. The molecular formula is C42H52ClF3N8O6. The van der Waals surface area contributed by atoms with E-state index in [4.69, 9.17) is 26.8 Å². The molecule has 0 radical (unpaired) electrons. The van der Waals surface area contributed by atoms with Crippen LogP contribution in [0.4, 0.5) is 40.0 Å². The molecule has 2 saturated heterocycles. The maximum Gasteiger partial charge on any atom is 0.418 e. The van der Waals surface area contributed by atoms with Crippen molar-refractivity contribution in [1.82, 2.24) is 24.6 Å². The van der Waals surface area contributed by atoms with E-state index >= 15 is 0 Å². The van der Waals surface area contributed by atoms with Crippen molar-refractivity contribution in [3.8, 4) is 0 Å². The van der Waals surface area contributed by atoms with Crippen LogP contribution in [0.5, 0.6) is 0 Å². The van der Waals surface area contributed by atoms with Gasteiger partial charge in [0, 0.05) is 76.7 Å². The number of anilines is 3. The monoisotopic (exact) mass is 856 g/mol. The number of hydrogen-bond donors (Lipinski definition) is 2. The van der Waals surface area contributed by atoms with Gasteiger partial charge >= 0.3 is 24.3 Å². The number of ether oxygens (including phenoxy) is 2. The van der Waals surface area contributed by atoms with Crippen molar-refractivity contribution in [1.29, 1.82) is 0 Å². The van der Waals surface area contributed by atoms with Gasteiger partial charge in [0.2, 0.25) is 0 Å². The number of fused-ring (bicyclic) bond motifs is 1. The van der Waals surface area contributed by atoms with E-state index in [1.54, 1.807) is 17.0 Å². The predicted molar refractivity (Wildman–Crippen MR) is 221 cm³/mol. The number of rotatable bonds is 13. The standard InChI is InChI=1S/C42H52ClF3N8O6/c1-3-14-50(4-2)22-23-59-39(56)30-9-10-36(48-27-30)51-18-20-52(21-19-51)38(55)35(26-28-24-32(42(44,45)46)37(47)33(43)25-28)60-41(58)53-15-12-31(13-16-53)54-17-11-29-7-5-6-8-34(29)49-40(54)57/h5-10,24-25,27,31,35H,3-4,11-23,26,47H2,1-2H3,(H,49,57)/t35-/m1/s1. The van der Waals surface area contributed by atoms with E-state index in [0.717, 1.165) is 36.8 Å². The second-order valence-corrected chi connectivity index (χ2v) is 15.6. The highest BCUT2D eigenvalue weighted by Gasteiger charge is 2.38. The first-order valence-electron chi connectivity index (χ1n) is 20.4. The molecule has 0 aliphatic carbocycles. The molecule has 4 heterocycles. The molecule has 2 fully saturated rings. The molecule has 18 heteroatoms. The quantitative estimate of drug-likeness (QED) is 0.151. The minimum absolute atomic E-state index is 0.0182. The number of pyridine rings is 1. The molecule has 3 aliphatic rings. The number of nitrogens with zero attached hydrogens (tertiary/aromatic N) is 6. The average molecular weight is 857 g/mol. The van der Waals surface area contributed by atoms with Crippen LogP contribution in [0, 0.1) is 0 Å². The summed E-state index contributed by atoms with van der Waals surface area (Å²) in [5.74, 6) is -0.460. The van der Waals surface area contributed by atoms with Gasteiger partial charge in [-0.25, -0.2) is 19.4 Å². The second kappa shape index (κ2) is 19.8. The molecule has 1 aromatic heterocycles. The number of carbonyl (C=O) groups is 4. The number of nitrogens with one attached hydrogen (secondary N) is 1. The van der Waals surface area contributed by atoms with Gasteiger partial charge in [-0.15, -0.1) is 0 Å². The minimum atomic E-state index is -4.81. The Hall–Kier alpha value is -5.29. The fourth-order valence-electron chi connectivity index (χ4n) is 7.86. The van der Waals surface area contributed by atoms with Crippen LogP contribution < -0.4 is 16.0 Å². The number of nitrogen functional groups attached to an aromatic ring is 1. The Morgan fingerprint density at radius 3 is 2.38 bits per heavy atom. The van der Waals surface area contributed by atoms with Crippen LogP contribution in [-0.4, -0.2) is 133 Å². The molecule has 324 valence electrons. The lowest BCUT2D eigenvalue weighted by Gasteiger charge is -2.39. The van der Waals surface area contributed by atoms with Gasteiger partial charge in [-0.2, -0.15) is 13.2 Å². The number of nitrogens with two attached hydrogens (primary N) is 1. The van der Waals surface area contributed by atoms with E-state index in [2.05, 4.69) is 29.0 Å². The summed E-state index contributed by atoms with van der Waals surface area (Å²) in [6, 6.07) is 12.7. The largest absolute Gasteiger partial charge is 0.461 e. The Labute approximate surface area is 352 Å².